The van der Waals surface area contributed by atoms with Gasteiger partial charge in [-0.05, 0) is 23.8 Å². The second kappa shape index (κ2) is 4.83. The molecule has 6 heteroatoms. The van der Waals surface area contributed by atoms with Gasteiger partial charge in [-0.3, -0.25) is 0 Å². The van der Waals surface area contributed by atoms with E-state index in [1.807, 2.05) is 0 Å². The summed E-state index contributed by atoms with van der Waals surface area (Å²) in [6, 6.07) is 8.46. The van der Waals surface area contributed by atoms with Gasteiger partial charge < -0.3 is 30.3 Å². The summed E-state index contributed by atoms with van der Waals surface area (Å²) in [5, 5.41) is 49.0. The molecular weight excluding hydrogens is 276 g/mol. The minimum absolute atomic E-state index is 0.0906. The molecule has 0 saturated carbocycles. The predicted molar refractivity (Wildman–Crippen MR) is 72.2 cm³/mol. The maximum Gasteiger partial charge on any atom is 0.167 e. The fraction of sp³-hybridized carbons (Fsp3) is 0.200. The zero-order valence-corrected chi connectivity index (χ0v) is 10.8. The summed E-state index contributed by atoms with van der Waals surface area (Å²) in [6.07, 6.45) is -3.49. The maximum absolute atomic E-state index is 10.2. The van der Waals surface area contributed by atoms with Crippen LogP contribution in [0.2, 0.25) is 0 Å². The lowest BCUT2D eigenvalue weighted by Crippen LogP contribution is -2.34. The summed E-state index contributed by atoms with van der Waals surface area (Å²) in [6.45, 7) is 0. The molecule has 2 aromatic rings. The first-order valence-electron chi connectivity index (χ1n) is 6.35. The van der Waals surface area contributed by atoms with E-state index in [-0.39, 0.29) is 23.0 Å². The normalized spacial score (nSPS) is 24.2. The van der Waals surface area contributed by atoms with Crippen LogP contribution in [0, 0.1) is 0 Å². The lowest BCUT2D eigenvalue weighted by molar-refractivity contribution is -0.0709. The molecule has 0 radical (unpaired) electrons. The van der Waals surface area contributed by atoms with E-state index in [1.165, 1.54) is 24.3 Å². The highest BCUT2D eigenvalue weighted by atomic mass is 16.5. The first-order valence-corrected chi connectivity index (χ1v) is 6.35. The average molecular weight is 290 g/mol. The largest absolute Gasteiger partial charge is 0.504 e. The Labute approximate surface area is 120 Å². The van der Waals surface area contributed by atoms with E-state index in [0.29, 0.717) is 11.1 Å². The third-order valence-corrected chi connectivity index (χ3v) is 3.55. The molecular formula is C15H14O6. The molecule has 3 unspecified atom stereocenters. The van der Waals surface area contributed by atoms with Gasteiger partial charge in [0.05, 0.1) is 0 Å². The van der Waals surface area contributed by atoms with E-state index in [0.717, 1.165) is 0 Å². The smallest absolute Gasteiger partial charge is 0.167 e. The summed E-state index contributed by atoms with van der Waals surface area (Å²) in [4.78, 5) is 0. The van der Waals surface area contributed by atoms with Crippen molar-refractivity contribution in [1.29, 1.82) is 0 Å². The number of aliphatic hydroxyl groups is 2. The molecule has 1 heterocycles. The molecule has 0 saturated heterocycles. The van der Waals surface area contributed by atoms with Gasteiger partial charge in [0.2, 0.25) is 0 Å². The predicted octanol–water partition coefficient (Wildman–Crippen LogP) is 1.33. The van der Waals surface area contributed by atoms with E-state index in [4.69, 9.17) is 4.74 Å². The number of benzene rings is 2. The number of hydrogen-bond acceptors (Lipinski definition) is 6. The van der Waals surface area contributed by atoms with Crippen LogP contribution in [-0.4, -0.2) is 31.6 Å². The second-order valence-electron chi connectivity index (χ2n) is 4.92. The van der Waals surface area contributed by atoms with Crippen molar-refractivity contribution in [2.75, 3.05) is 0 Å². The van der Waals surface area contributed by atoms with Crippen LogP contribution in [0.1, 0.15) is 23.3 Å². The third-order valence-electron chi connectivity index (χ3n) is 3.55. The van der Waals surface area contributed by atoms with E-state index in [2.05, 4.69) is 0 Å². The van der Waals surface area contributed by atoms with Gasteiger partial charge in [-0.15, -0.1) is 0 Å². The average Bonchev–Trinajstić information content (AvgIpc) is 2.46. The van der Waals surface area contributed by atoms with E-state index in [1.54, 1.807) is 12.1 Å². The SMILES string of the molecule is Oc1ccc(C2Oc3c(O)cccc3C(O)C2O)cc1O. The van der Waals surface area contributed by atoms with Gasteiger partial charge in [0.25, 0.3) is 0 Å². The molecule has 0 aliphatic carbocycles. The Hall–Kier alpha value is -2.44. The molecule has 0 bridgehead atoms. The van der Waals surface area contributed by atoms with E-state index >= 15 is 0 Å². The standard InChI is InChI=1S/C15H14O6/c16-9-5-4-7(6-11(9)18)14-13(20)12(19)8-2-1-3-10(17)15(8)21-14/h1-6,12-14,16-20H. The van der Waals surface area contributed by atoms with Crippen LogP contribution in [0.5, 0.6) is 23.0 Å². The van der Waals surface area contributed by atoms with Crippen molar-refractivity contribution >= 4 is 0 Å². The molecule has 1 aliphatic heterocycles. The Morgan fingerprint density at radius 1 is 0.857 bits per heavy atom. The summed E-state index contributed by atoms with van der Waals surface area (Å²) >= 11 is 0. The fourth-order valence-corrected chi connectivity index (χ4v) is 2.43. The number of ether oxygens (including phenoxy) is 1. The van der Waals surface area contributed by atoms with Crippen LogP contribution in [0.3, 0.4) is 0 Å². The van der Waals surface area contributed by atoms with Crippen LogP contribution >= 0.6 is 0 Å². The summed E-state index contributed by atoms with van der Waals surface area (Å²) in [5.74, 6) is -0.715. The van der Waals surface area contributed by atoms with Crippen molar-refractivity contribution < 1.29 is 30.3 Å². The number of rotatable bonds is 1. The maximum atomic E-state index is 10.2. The number of para-hydroxylation sites is 1. The van der Waals surface area contributed by atoms with Crippen molar-refractivity contribution in [2.45, 2.75) is 18.3 Å². The fourth-order valence-electron chi connectivity index (χ4n) is 2.43. The number of aromatic hydroxyl groups is 3. The molecule has 5 N–H and O–H groups in total. The lowest BCUT2D eigenvalue weighted by Gasteiger charge is -2.34. The minimum atomic E-state index is -1.27. The lowest BCUT2D eigenvalue weighted by atomic mass is 9.92. The summed E-state index contributed by atoms with van der Waals surface area (Å²) < 4.78 is 5.57. The molecule has 2 aromatic carbocycles. The van der Waals surface area contributed by atoms with Crippen molar-refractivity contribution in [1.82, 2.24) is 0 Å². The van der Waals surface area contributed by atoms with Gasteiger partial charge >= 0.3 is 0 Å². The van der Waals surface area contributed by atoms with Gasteiger partial charge in [0.15, 0.2) is 29.1 Å². The van der Waals surface area contributed by atoms with E-state index < -0.39 is 18.3 Å². The molecule has 6 nitrogen and oxygen atoms in total. The number of phenolic OH excluding ortho intramolecular Hbond substituents is 3. The van der Waals surface area contributed by atoms with Crippen LogP contribution < -0.4 is 4.74 Å². The summed E-state index contributed by atoms with van der Waals surface area (Å²) in [7, 11) is 0. The van der Waals surface area contributed by atoms with Gasteiger partial charge in [0.1, 0.15) is 12.2 Å². The Balaban J connectivity index is 2.05. The molecule has 1 aliphatic rings. The van der Waals surface area contributed by atoms with Crippen molar-refractivity contribution in [3.63, 3.8) is 0 Å². The summed E-state index contributed by atoms with van der Waals surface area (Å²) in [5.41, 5.74) is 0.660. The number of phenols is 3. The highest BCUT2D eigenvalue weighted by Crippen LogP contribution is 2.46. The first kappa shape index (κ1) is 13.5. The molecule has 0 aromatic heterocycles. The number of hydrogen-bond donors (Lipinski definition) is 5. The zero-order chi connectivity index (χ0) is 15.1. The minimum Gasteiger partial charge on any atom is -0.504 e. The molecule has 0 fully saturated rings. The quantitative estimate of drug-likeness (QED) is 0.507. The van der Waals surface area contributed by atoms with Gasteiger partial charge in [-0.25, -0.2) is 0 Å². The first-order chi connectivity index (χ1) is 9.99. The molecule has 3 atom stereocenters. The Kier molecular flexibility index (Phi) is 3.12. The third kappa shape index (κ3) is 2.14. The molecule has 0 amide bonds. The highest BCUT2D eigenvalue weighted by Gasteiger charge is 2.38. The van der Waals surface area contributed by atoms with Crippen LogP contribution in [0.25, 0.3) is 0 Å². The van der Waals surface area contributed by atoms with Crippen molar-refractivity contribution in [2.24, 2.45) is 0 Å². The van der Waals surface area contributed by atoms with Crippen molar-refractivity contribution in [3.8, 4) is 23.0 Å². The molecule has 3 rings (SSSR count). The number of aliphatic hydroxyl groups excluding tert-OH is 2. The van der Waals surface area contributed by atoms with Crippen LogP contribution in [0.15, 0.2) is 36.4 Å². The zero-order valence-electron chi connectivity index (χ0n) is 10.8. The van der Waals surface area contributed by atoms with Crippen LogP contribution in [-0.2, 0) is 0 Å². The Bertz CT molecular complexity index is 684. The molecule has 110 valence electrons. The Morgan fingerprint density at radius 3 is 2.33 bits per heavy atom. The van der Waals surface area contributed by atoms with Gasteiger partial charge in [0, 0.05) is 5.56 Å². The number of fused-ring (bicyclic) bond motifs is 1. The highest BCUT2D eigenvalue weighted by molar-refractivity contribution is 5.50. The van der Waals surface area contributed by atoms with Crippen molar-refractivity contribution in [3.05, 3.63) is 47.5 Å². The monoisotopic (exact) mass is 290 g/mol. The van der Waals surface area contributed by atoms with Gasteiger partial charge in [-0.1, -0.05) is 18.2 Å². The Morgan fingerprint density at radius 2 is 1.62 bits per heavy atom. The topological polar surface area (TPSA) is 110 Å². The van der Waals surface area contributed by atoms with E-state index in [9.17, 15) is 25.5 Å². The molecule has 0 spiro atoms. The van der Waals surface area contributed by atoms with Crippen LogP contribution in [0.4, 0.5) is 0 Å². The second-order valence-corrected chi connectivity index (χ2v) is 4.92. The molecule has 21 heavy (non-hydrogen) atoms. The van der Waals surface area contributed by atoms with Gasteiger partial charge in [-0.2, -0.15) is 0 Å².